The van der Waals surface area contributed by atoms with Crippen molar-refractivity contribution in [3.63, 3.8) is 0 Å². The first-order chi connectivity index (χ1) is 8.62. The maximum absolute atomic E-state index is 5.99. The molecule has 1 aromatic heterocycles. The molecule has 1 aromatic rings. The second-order valence-corrected chi connectivity index (χ2v) is 5.50. The summed E-state index contributed by atoms with van der Waals surface area (Å²) in [4.78, 5) is 2.35. The number of rotatable bonds is 9. The lowest BCUT2D eigenvalue weighted by Crippen LogP contribution is -2.49. The summed E-state index contributed by atoms with van der Waals surface area (Å²) in [6, 6.07) is 2.02. The van der Waals surface area contributed by atoms with E-state index in [0.29, 0.717) is 6.54 Å². The molecule has 1 unspecified atom stereocenters. The van der Waals surface area contributed by atoms with Gasteiger partial charge < -0.3 is 10.2 Å². The molecule has 0 aromatic carbocycles. The number of nitrogens with two attached hydrogens (primary N) is 1. The molecule has 3 heteroatoms. The molecule has 3 nitrogen and oxygen atoms in total. The van der Waals surface area contributed by atoms with Crippen molar-refractivity contribution >= 4 is 0 Å². The summed E-state index contributed by atoms with van der Waals surface area (Å²) in [7, 11) is 2.15. The molecule has 1 heterocycles. The molecule has 0 aliphatic rings. The SMILES string of the molecule is CCCCCCC(C)(CN)N(C)Cc1ccoc1. The zero-order valence-corrected chi connectivity index (χ0v) is 12.1. The monoisotopic (exact) mass is 252 g/mol. The lowest BCUT2D eigenvalue weighted by Gasteiger charge is -2.38. The Morgan fingerprint density at radius 1 is 1.33 bits per heavy atom. The third-order valence-electron chi connectivity index (χ3n) is 3.93. The van der Waals surface area contributed by atoms with Crippen LogP contribution in [0.3, 0.4) is 0 Å². The molecular formula is C15H28N2O. The van der Waals surface area contributed by atoms with Crippen LogP contribution in [0.4, 0.5) is 0 Å². The molecule has 0 bridgehead atoms. The van der Waals surface area contributed by atoms with Crippen molar-refractivity contribution < 1.29 is 4.42 Å². The van der Waals surface area contributed by atoms with Gasteiger partial charge in [0.2, 0.25) is 0 Å². The van der Waals surface area contributed by atoms with Gasteiger partial charge in [0.1, 0.15) is 0 Å². The summed E-state index contributed by atoms with van der Waals surface area (Å²) in [5.41, 5.74) is 7.29. The molecule has 18 heavy (non-hydrogen) atoms. The summed E-state index contributed by atoms with van der Waals surface area (Å²) >= 11 is 0. The largest absolute Gasteiger partial charge is 0.472 e. The first-order valence-electron chi connectivity index (χ1n) is 7.05. The van der Waals surface area contributed by atoms with E-state index in [-0.39, 0.29) is 5.54 Å². The lowest BCUT2D eigenvalue weighted by atomic mass is 9.92. The van der Waals surface area contributed by atoms with Crippen LogP contribution >= 0.6 is 0 Å². The summed E-state index contributed by atoms with van der Waals surface area (Å²) in [6.45, 7) is 6.11. The van der Waals surface area contributed by atoms with E-state index in [9.17, 15) is 0 Å². The third kappa shape index (κ3) is 4.46. The van der Waals surface area contributed by atoms with Gasteiger partial charge in [0.15, 0.2) is 0 Å². The predicted molar refractivity (Wildman–Crippen MR) is 76.4 cm³/mol. The third-order valence-corrected chi connectivity index (χ3v) is 3.93. The van der Waals surface area contributed by atoms with Crippen LogP contribution in [-0.2, 0) is 6.54 Å². The average Bonchev–Trinajstić information content (AvgIpc) is 2.87. The number of furan rings is 1. The minimum Gasteiger partial charge on any atom is -0.472 e. The van der Waals surface area contributed by atoms with E-state index in [2.05, 4.69) is 25.8 Å². The highest BCUT2D eigenvalue weighted by Crippen LogP contribution is 2.22. The quantitative estimate of drug-likeness (QED) is 0.685. The molecule has 0 saturated carbocycles. The predicted octanol–water partition coefficient (Wildman–Crippen LogP) is 3.40. The van der Waals surface area contributed by atoms with Crippen LogP contribution < -0.4 is 5.73 Å². The van der Waals surface area contributed by atoms with Crippen molar-refractivity contribution in [1.29, 1.82) is 0 Å². The Labute approximate surface area is 111 Å². The van der Waals surface area contributed by atoms with E-state index in [4.69, 9.17) is 10.2 Å². The highest BCUT2D eigenvalue weighted by atomic mass is 16.3. The van der Waals surface area contributed by atoms with Gasteiger partial charge in [-0.25, -0.2) is 0 Å². The highest BCUT2D eigenvalue weighted by Gasteiger charge is 2.27. The van der Waals surface area contributed by atoms with E-state index >= 15 is 0 Å². The lowest BCUT2D eigenvalue weighted by molar-refractivity contribution is 0.122. The standard InChI is InChI=1S/C15H28N2O/c1-4-5-6-7-9-15(2,13-16)17(3)11-14-8-10-18-12-14/h8,10,12H,4-7,9,11,13,16H2,1-3H3. The first-order valence-corrected chi connectivity index (χ1v) is 7.05. The fraction of sp³-hybridized carbons (Fsp3) is 0.733. The summed E-state index contributed by atoms with van der Waals surface area (Å²) in [5.74, 6) is 0. The van der Waals surface area contributed by atoms with Gasteiger partial charge in [-0.1, -0.05) is 32.6 Å². The smallest absolute Gasteiger partial charge is 0.0947 e. The van der Waals surface area contributed by atoms with E-state index in [1.165, 1.54) is 31.2 Å². The average molecular weight is 252 g/mol. The Morgan fingerprint density at radius 3 is 2.67 bits per heavy atom. The molecule has 104 valence electrons. The maximum atomic E-state index is 5.99. The van der Waals surface area contributed by atoms with Gasteiger partial charge in [-0.3, -0.25) is 4.90 Å². The van der Waals surface area contributed by atoms with Crippen molar-refractivity contribution in [2.45, 2.75) is 58.0 Å². The van der Waals surface area contributed by atoms with Crippen molar-refractivity contribution in [3.8, 4) is 0 Å². The number of nitrogens with zero attached hydrogens (tertiary/aromatic N) is 1. The Balaban J connectivity index is 2.45. The number of hydrogen-bond acceptors (Lipinski definition) is 3. The minimum absolute atomic E-state index is 0.0883. The van der Waals surface area contributed by atoms with Crippen LogP contribution in [0.2, 0.25) is 0 Å². The Morgan fingerprint density at radius 2 is 2.11 bits per heavy atom. The van der Waals surface area contributed by atoms with E-state index in [0.717, 1.165) is 13.0 Å². The molecule has 0 radical (unpaired) electrons. The summed E-state index contributed by atoms with van der Waals surface area (Å²) in [6.07, 6.45) is 9.88. The van der Waals surface area contributed by atoms with Crippen LogP contribution in [0.1, 0.15) is 51.5 Å². The normalized spacial score (nSPS) is 14.9. The molecule has 1 atom stereocenters. The zero-order chi connectivity index (χ0) is 13.4. The second kappa shape index (κ2) is 7.59. The first kappa shape index (κ1) is 15.3. The molecule has 0 aliphatic heterocycles. The molecule has 1 rings (SSSR count). The van der Waals surface area contributed by atoms with E-state index < -0.39 is 0 Å². The topological polar surface area (TPSA) is 42.4 Å². The molecule has 0 amide bonds. The number of likely N-dealkylation sites (N-methyl/N-ethyl adjacent to an activating group) is 1. The van der Waals surface area contributed by atoms with Crippen LogP contribution in [0, 0.1) is 0 Å². The van der Waals surface area contributed by atoms with Gasteiger partial charge in [-0.15, -0.1) is 0 Å². The van der Waals surface area contributed by atoms with Crippen molar-refractivity contribution in [1.82, 2.24) is 4.90 Å². The van der Waals surface area contributed by atoms with Crippen LogP contribution in [0.25, 0.3) is 0 Å². The number of hydrogen-bond donors (Lipinski definition) is 1. The van der Waals surface area contributed by atoms with Crippen molar-refractivity contribution in [2.24, 2.45) is 5.73 Å². The fourth-order valence-corrected chi connectivity index (χ4v) is 2.23. The van der Waals surface area contributed by atoms with Gasteiger partial charge in [0.05, 0.1) is 12.5 Å². The maximum Gasteiger partial charge on any atom is 0.0947 e. The fourth-order valence-electron chi connectivity index (χ4n) is 2.23. The van der Waals surface area contributed by atoms with Gasteiger partial charge in [0.25, 0.3) is 0 Å². The van der Waals surface area contributed by atoms with Gasteiger partial charge in [0, 0.05) is 24.2 Å². The van der Waals surface area contributed by atoms with Crippen molar-refractivity contribution in [2.75, 3.05) is 13.6 Å². The minimum atomic E-state index is 0.0883. The van der Waals surface area contributed by atoms with Gasteiger partial charge >= 0.3 is 0 Å². The van der Waals surface area contributed by atoms with Gasteiger partial charge in [-0.05, 0) is 26.5 Å². The van der Waals surface area contributed by atoms with Crippen LogP contribution in [0.5, 0.6) is 0 Å². The highest BCUT2D eigenvalue weighted by molar-refractivity contribution is 5.06. The summed E-state index contributed by atoms with van der Waals surface area (Å²) in [5, 5.41) is 0. The number of unbranched alkanes of at least 4 members (excludes halogenated alkanes) is 3. The van der Waals surface area contributed by atoms with Crippen LogP contribution in [0.15, 0.2) is 23.0 Å². The van der Waals surface area contributed by atoms with E-state index in [1.807, 2.05) is 12.3 Å². The second-order valence-electron chi connectivity index (χ2n) is 5.50. The zero-order valence-electron chi connectivity index (χ0n) is 12.1. The Bertz CT molecular complexity index is 310. The van der Waals surface area contributed by atoms with E-state index in [1.54, 1.807) is 6.26 Å². The van der Waals surface area contributed by atoms with Gasteiger partial charge in [-0.2, -0.15) is 0 Å². The Kier molecular flexibility index (Phi) is 6.44. The molecule has 0 saturated heterocycles. The Hall–Kier alpha value is -0.800. The molecule has 0 spiro atoms. The summed E-state index contributed by atoms with van der Waals surface area (Å²) < 4.78 is 5.12. The van der Waals surface area contributed by atoms with Crippen molar-refractivity contribution in [3.05, 3.63) is 24.2 Å². The van der Waals surface area contributed by atoms with Crippen LogP contribution in [-0.4, -0.2) is 24.0 Å². The molecule has 2 N–H and O–H groups in total. The molecule has 0 aliphatic carbocycles. The molecule has 0 fully saturated rings. The molecular weight excluding hydrogens is 224 g/mol.